The Balaban J connectivity index is 1.57. The van der Waals surface area contributed by atoms with Gasteiger partial charge in [0.05, 0.1) is 23.4 Å². The number of hydrogen-bond donors (Lipinski definition) is 1. The summed E-state index contributed by atoms with van der Waals surface area (Å²) in [5.41, 5.74) is 0.479. The summed E-state index contributed by atoms with van der Waals surface area (Å²) in [5.74, 6) is 0.133. The molecule has 1 atom stereocenters. The largest absolute Gasteiger partial charge is 0.389 e. The number of nitrogens with one attached hydrogen (secondary N) is 1. The molecule has 1 aromatic carbocycles. The standard InChI is InChI=1S/C19H22N4O5S2/c1-2-16-20-19(29-23-16)21-18(24)17(22-28-13-9-10-27-11-13)12-3-5-14(6-4-12)30(25,26)15-7-8-15/h3-6,13,15H,2,7-11H2,1H3,(H,20,21,23,24)/b22-17+/t13-/m1/s1. The van der Waals surface area contributed by atoms with E-state index >= 15 is 0 Å². The Morgan fingerprint density at radius 2 is 2.07 bits per heavy atom. The highest BCUT2D eigenvalue weighted by molar-refractivity contribution is 7.92. The first kappa shape index (κ1) is 20.9. The second-order valence-corrected chi connectivity index (χ2v) is 10.1. The van der Waals surface area contributed by atoms with Crippen molar-refractivity contribution in [3.63, 3.8) is 0 Å². The summed E-state index contributed by atoms with van der Waals surface area (Å²) in [4.78, 5) is 22.9. The molecule has 4 rings (SSSR count). The predicted octanol–water partition coefficient (Wildman–Crippen LogP) is 2.18. The molecule has 1 saturated heterocycles. The van der Waals surface area contributed by atoms with Gasteiger partial charge in [0.25, 0.3) is 5.91 Å². The summed E-state index contributed by atoms with van der Waals surface area (Å²) in [5, 5.41) is 6.83. The van der Waals surface area contributed by atoms with E-state index in [-0.39, 0.29) is 22.0 Å². The van der Waals surface area contributed by atoms with Crippen LogP contribution in [0, 0.1) is 0 Å². The zero-order chi connectivity index (χ0) is 21.1. The van der Waals surface area contributed by atoms with Crippen LogP contribution < -0.4 is 5.32 Å². The summed E-state index contributed by atoms with van der Waals surface area (Å²) >= 11 is 1.09. The van der Waals surface area contributed by atoms with Crippen molar-refractivity contribution in [3.05, 3.63) is 35.7 Å². The molecule has 1 aliphatic heterocycles. The molecular formula is C19H22N4O5S2. The van der Waals surface area contributed by atoms with Gasteiger partial charge >= 0.3 is 0 Å². The molecule has 2 aliphatic rings. The molecule has 2 fully saturated rings. The SMILES string of the molecule is CCc1nsc(NC(=O)/C(=N/O[C@@H]2CCOC2)c2ccc(S(=O)(=O)C3CC3)cc2)n1. The Bertz CT molecular complexity index is 1040. The molecular weight excluding hydrogens is 428 g/mol. The first-order valence-electron chi connectivity index (χ1n) is 9.77. The van der Waals surface area contributed by atoms with Crippen LogP contribution in [0.3, 0.4) is 0 Å². The third-order valence-electron chi connectivity index (χ3n) is 4.82. The molecule has 11 heteroatoms. The number of rotatable bonds is 8. The highest BCUT2D eigenvalue weighted by atomic mass is 32.2. The molecule has 30 heavy (non-hydrogen) atoms. The Hall–Kier alpha value is -2.37. The fourth-order valence-corrected chi connectivity index (χ4v) is 5.23. The third kappa shape index (κ3) is 4.68. The average molecular weight is 451 g/mol. The van der Waals surface area contributed by atoms with Crippen LogP contribution in [-0.2, 0) is 30.6 Å². The van der Waals surface area contributed by atoms with Crippen molar-refractivity contribution in [1.29, 1.82) is 0 Å². The highest BCUT2D eigenvalue weighted by Gasteiger charge is 2.36. The molecule has 0 unspecified atom stereocenters. The van der Waals surface area contributed by atoms with Crippen LogP contribution in [0.15, 0.2) is 34.3 Å². The van der Waals surface area contributed by atoms with Gasteiger partial charge in [-0.05, 0) is 25.0 Å². The molecule has 9 nitrogen and oxygen atoms in total. The van der Waals surface area contributed by atoms with Crippen LogP contribution in [0.5, 0.6) is 0 Å². The van der Waals surface area contributed by atoms with E-state index < -0.39 is 15.7 Å². The fourth-order valence-electron chi connectivity index (χ4n) is 2.93. The molecule has 0 spiro atoms. The number of sulfone groups is 1. The average Bonchev–Trinajstić information content (AvgIpc) is 3.31. The van der Waals surface area contributed by atoms with Gasteiger partial charge in [-0.3, -0.25) is 10.1 Å². The van der Waals surface area contributed by atoms with Gasteiger partial charge in [-0.25, -0.2) is 13.4 Å². The molecule has 1 amide bonds. The van der Waals surface area contributed by atoms with Crippen molar-refractivity contribution in [2.24, 2.45) is 5.16 Å². The number of nitrogens with zero attached hydrogens (tertiary/aromatic N) is 3. The zero-order valence-electron chi connectivity index (χ0n) is 16.4. The van der Waals surface area contributed by atoms with Crippen LogP contribution in [0.1, 0.15) is 37.6 Å². The van der Waals surface area contributed by atoms with Gasteiger partial charge < -0.3 is 9.57 Å². The van der Waals surface area contributed by atoms with E-state index in [9.17, 15) is 13.2 Å². The number of carbonyl (C=O) groups is 1. The Morgan fingerprint density at radius 3 is 2.67 bits per heavy atom. The Labute approximate surface area is 178 Å². The molecule has 2 aromatic rings. The lowest BCUT2D eigenvalue weighted by Crippen LogP contribution is -2.25. The summed E-state index contributed by atoms with van der Waals surface area (Å²) in [6.45, 7) is 2.92. The van der Waals surface area contributed by atoms with Gasteiger partial charge in [-0.1, -0.05) is 24.2 Å². The van der Waals surface area contributed by atoms with Crippen LogP contribution >= 0.6 is 11.5 Å². The number of carbonyl (C=O) groups excluding carboxylic acids is 1. The van der Waals surface area contributed by atoms with Gasteiger partial charge in [0, 0.05) is 29.9 Å². The van der Waals surface area contributed by atoms with Crippen molar-refractivity contribution in [1.82, 2.24) is 9.36 Å². The van der Waals surface area contributed by atoms with E-state index in [2.05, 4.69) is 19.8 Å². The normalized spacial score (nSPS) is 19.6. The van der Waals surface area contributed by atoms with Gasteiger partial charge in [0.15, 0.2) is 21.7 Å². The smallest absolute Gasteiger partial charge is 0.280 e. The lowest BCUT2D eigenvalue weighted by Gasteiger charge is -2.10. The molecule has 0 radical (unpaired) electrons. The summed E-state index contributed by atoms with van der Waals surface area (Å²) < 4.78 is 34.3. The van der Waals surface area contributed by atoms with Crippen LogP contribution in [-0.4, -0.2) is 54.0 Å². The van der Waals surface area contributed by atoms with E-state index in [4.69, 9.17) is 9.57 Å². The topological polar surface area (TPSA) is 120 Å². The highest BCUT2D eigenvalue weighted by Crippen LogP contribution is 2.33. The number of oxime groups is 1. The number of anilines is 1. The molecule has 2 heterocycles. The van der Waals surface area contributed by atoms with E-state index in [0.717, 1.165) is 11.5 Å². The Morgan fingerprint density at radius 1 is 1.30 bits per heavy atom. The lowest BCUT2D eigenvalue weighted by molar-refractivity contribution is -0.110. The summed E-state index contributed by atoms with van der Waals surface area (Å²) in [6, 6.07) is 6.15. The van der Waals surface area contributed by atoms with E-state index in [1.807, 2.05) is 6.92 Å². The molecule has 1 aromatic heterocycles. The third-order valence-corrected chi connectivity index (χ3v) is 7.77. The van der Waals surface area contributed by atoms with Crippen LogP contribution in [0.4, 0.5) is 5.13 Å². The molecule has 160 valence electrons. The summed E-state index contributed by atoms with van der Waals surface area (Å²) in [7, 11) is -3.31. The molecule has 1 saturated carbocycles. The van der Waals surface area contributed by atoms with Crippen molar-refractivity contribution >= 4 is 38.1 Å². The van der Waals surface area contributed by atoms with Crippen LogP contribution in [0.25, 0.3) is 0 Å². The Kier molecular flexibility index (Phi) is 6.11. The van der Waals surface area contributed by atoms with Crippen molar-refractivity contribution in [2.75, 3.05) is 18.5 Å². The number of hydrogen-bond acceptors (Lipinski definition) is 9. The number of aryl methyl sites for hydroxylation is 1. The van der Waals surface area contributed by atoms with E-state index in [0.29, 0.717) is 55.4 Å². The first-order chi connectivity index (χ1) is 14.5. The fraction of sp³-hybridized carbons (Fsp3) is 0.474. The maximum absolute atomic E-state index is 12.9. The van der Waals surface area contributed by atoms with Gasteiger partial charge in [0.1, 0.15) is 5.82 Å². The van der Waals surface area contributed by atoms with Crippen molar-refractivity contribution in [3.8, 4) is 0 Å². The number of amides is 1. The molecule has 0 bridgehead atoms. The monoisotopic (exact) mass is 450 g/mol. The van der Waals surface area contributed by atoms with E-state index in [1.165, 1.54) is 12.1 Å². The van der Waals surface area contributed by atoms with Gasteiger partial charge in [-0.15, -0.1) is 0 Å². The number of aromatic nitrogens is 2. The molecule has 1 N–H and O–H groups in total. The minimum Gasteiger partial charge on any atom is -0.389 e. The first-order valence-corrected chi connectivity index (χ1v) is 12.1. The minimum absolute atomic E-state index is 0.0329. The maximum Gasteiger partial charge on any atom is 0.280 e. The zero-order valence-corrected chi connectivity index (χ0v) is 18.0. The van der Waals surface area contributed by atoms with Crippen LogP contribution in [0.2, 0.25) is 0 Å². The number of benzene rings is 1. The van der Waals surface area contributed by atoms with Crippen molar-refractivity contribution < 1.29 is 22.8 Å². The maximum atomic E-state index is 12.9. The summed E-state index contributed by atoms with van der Waals surface area (Å²) in [6.07, 6.45) is 2.51. The van der Waals surface area contributed by atoms with E-state index in [1.54, 1.807) is 12.1 Å². The predicted molar refractivity (Wildman–Crippen MR) is 111 cm³/mol. The van der Waals surface area contributed by atoms with Gasteiger partial charge in [-0.2, -0.15) is 4.37 Å². The minimum atomic E-state index is -3.31. The quantitative estimate of drug-likeness (QED) is 0.483. The lowest BCUT2D eigenvalue weighted by atomic mass is 10.1. The second kappa shape index (κ2) is 8.78. The second-order valence-electron chi connectivity index (χ2n) is 7.12. The molecule has 1 aliphatic carbocycles. The van der Waals surface area contributed by atoms with Crippen molar-refractivity contribution in [2.45, 2.75) is 48.9 Å². The number of ether oxygens (including phenoxy) is 1. The van der Waals surface area contributed by atoms with Gasteiger partial charge in [0.2, 0.25) is 5.13 Å².